The minimum atomic E-state index is -0.490. The van der Waals surface area contributed by atoms with Gasteiger partial charge < -0.3 is 16.8 Å². The van der Waals surface area contributed by atoms with Crippen LogP contribution in [0, 0.1) is 0 Å². The molecule has 6 nitrogen and oxygen atoms in total. The number of nitrogens with one attached hydrogen (secondary N) is 1. The molecule has 3 rings (SSSR count). The summed E-state index contributed by atoms with van der Waals surface area (Å²) in [4.78, 5) is 19.9. The molecule has 0 aliphatic rings. The lowest BCUT2D eigenvalue weighted by Crippen LogP contribution is -2.11. The lowest BCUT2D eigenvalue weighted by atomic mass is 10.2. The van der Waals surface area contributed by atoms with Crippen molar-refractivity contribution in [1.82, 2.24) is 9.97 Å². The van der Waals surface area contributed by atoms with Crippen molar-refractivity contribution >= 4 is 34.3 Å². The van der Waals surface area contributed by atoms with Gasteiger partial charge in [0.1, 0.15) is 0 Å². The van der Waals surface area contributed by atoms with Crippen LogP contribution in [-0.2, 0) is 0 Å². The van der Waals surface area contributed by atoms with Crippen LogP contribution in [-0.4, -0.2) is 15.9 Å². The molecule has 0 radical (unpaired) electrons. The van der Waals surface area contributed by atoms with E-state index in [0.29, 0.717) is 17.1 Å². The van der Waals surface area contributed by atoms with E-state index < -0.39 is 5.91 Å². The summed E-state index contributed by atoms with van der Waals surface area (Å²) in [6.45, 7) is 0. The fourth-order valence-electron chi connectivity index (χ4n) is 1.99. The number of primary amides is 1. The first-order valence-corrected chi connectivity index (χ1v) is 6.32. The first-order valence-electron chi connectivity index (χ1n) is 6.32. The van der Waals surface area contributed by atoms with Crippen LogP contribution in [0.4, 0.5) is 17.3 Å². The summed E-state index contributed by atoms with van der Waals surface area (Å²) >= 11 is 0. The number of nitrogen functional groups attached to an aromatic ring is 1. The van der Waals surface area contributed by atoms with Crippen LogP contribution in [0.1, 0.15) is 10.4 Å². The zero-order chi connectivity index (χ0) is 14.8. The molecule has 0 saturated heterocycles. The van der Waals surface area contributed by atoms with E-state index in [1.165, 1.54) is 0 Å². The van der Waals surface area contributed by atoms with Gasteiger partial charge in [-0.25, -0.2) is 9.97 Å². The molecule has 0 bridgehead atoms. The first-order chi connectivity index (χ1) is 10.1. The van der Waals surface area contributed by atoms with E-state index in [1.54, 1.807) is 24.3 Å². The van der Waals surface area contributed by atoms with E-state index in [1.807, 2.05) is 24.3 Å². The van der Waals surface area contributed by atoms with E-state index >= 15 is 0 Å². The summed E-state index contributed by atoms with van der Waals surface area (Å²) in [5.74, 6) is 0.240. The van der Waals surface area contributed by atoms with E-state index in [2.05, 4.69) is 15.3 Å². The maximum absolute atomic E-state index is 11.2. The van der Waals surface area contributed by atoms with Gasteiger partial charge in [0.15, 0.2) is 11.6 Å². The Morgan fingerprint density at radius 1 is 1.00 bits per heavy atom. The quantitative estimate of drug-likeness (QED) is 0.680. The molecule has 0 saturated carbocycles. The third-order valence-electron chi connectivity index (χ3n) is 3.01. The normalized spacial score (nSPS) is 10.5. The second-order valence-electron chi connectivity index (χ2n) is 4.52. The van der Waals surface area contributed by atoms with Gasteiger partial charge in [-0.2, -0.15) is 0 Å². The Morgan fingerprint density at radius 3 is 2.43 bits per heavy atom. The molecule has 0 fully saturated rings. The molecule has 1 heterocycles. The minimum Gasteiger partial charge on any atom is -0.381 e. The van der Waals surface area contributed by atoms with E-state index in [9.17, 15) is 4.79 Å². The Morgan fingerprint density at radius 2 is 1.71 bits per heavy atom. The number of para-hydroxylation sites is 2. The highest BCUT2D eigenvalue weighted by Gasteiger charge is 2.07. The standard InChI is InChI=1S/C15H13N5O/c16-13-15(20-12-7-2-1-6-11(12)19-13)18-10-5-3-4-9(8-10)14(17)21/h1-8H,(H2,16,19)(H2,17,21)(H,18,20). The first kappa shape index (κ1) is 12.9. The average Bonchev–Trinajstić information content (AvgIpc) is 2.48. The van der Waals surface area contributed by atoms with E-state index in [-0.39, 0.29) is 5.82 Å². The lowest BCUT2D eigenvalue weighted by Gasteiger charge is -2.09. The molecule has 0 unspecified atom stereocenters. The van der Waals surface area contributed by atoms with Crippen molar-refractivity contribution in [2.75, 3.05) is 11.1 Å². The average molecular weight is 279 g/mol. The van der Waals surface area contributed by atoms with Gasteiger partial charge >= 0.3 is 0 Å². The highest BCUT2D eigenvalue weighted by Crippen LogP contribution is 2.22. The van der Waals surface area contributed by atoms with Crippen molar-refractivity contribution in [1.29, 1.82) is 0 Å². The zero-order valence-corrected chi connectivity index (χ0v) is 11.1. The van der Waals surface area contributed by atoms with Crippen LogP contribution in [0.25, 0.3) is 11.0 Å². The molecule has 0 atom stereocenters. The van der Waals surface area contributed by atoms with Gasteiger partial charge in [-0.15, -0.1) is 0 Å². The van der Waals surface area contributed by atoms with Crippen LogP contribution in [0.2, 0.25) is 0 Å². The van der Waals surface area contributed by atoms with Crippen molar-refractivity contribution in [3.05, 3.63) is 54.1 Å². The molecule has 5 N–H and O–H groups in total. The van der Waals surface area contributed by atoms with Crippen LogP contribution in [0.3, 0.4) is 0 Å². The number of hydrogen-bond acceptors (Lipinski definition) is 5. The smallest absolute Gasteiger partial charge is 0.248 e. The number of anilines is 3. The van der Waals surface area contributed by atoms with Crippen LogP contribution < -0.4 is 16.8 Å². The van der Waals surface area contributed by atoms with Crippen LogP contribution >= 0.6 is 0 Å². The molecule has 3 aromatic rings. The van der Waals surface area contributed by atoms with Gasteiger partial charge in [-0.3, -0.25) is 4.79 Å². The summed E-state index contributed by atoms with van der Waals surface area (Å²) in [5.41, 5.74) is 13.7. The third kappa shape index (κ3) is 2.59. The van der Waals surface area contributed by atoms with Gasteiger partial charge in [0.2, 0.25) is 5.91 Å². The van der Waals surface area contributed by atoms with Crippen LogP contribution in [0.5, 0.6) is 0 Å². The Labute approximate surface area is 120 Å². The molecule has 6 heteroatoms. The van der Waals surface area contributed by atoms with Crippen molar-refractivity contribution in [3.8, 4) is 0 Å². The summed E-state index contributed by atoms with van der Waals surface area (Å²) < 4.78 is 0. The predicted molar refractivity (Wildman–Crippen MR) is 82.2 cm³/mol. The Balaban J connectivity index is 1.99. The number of aromatic nitrogens is 2. The fraction of sp³-hybridized carbons (Fsp3) is 0. The van der Waals surface area contributed by atoms with E-state index in [4.69, 9.17) is 11.5 Å². The highest BCUT2D eigenvalue weighted by molar-refractivity contribution is 5.94. The highest BCUT2D eigenvalue weighted by atomic mass is 16.1. The number of fused-ring (bicyclic) bond motifs is 1. The van der Waals surface area contributed by atoms with Crippen molar-refractivity contribution in [2.24, 2.45) is 5.73 Å². The van der Waals surface area contributed by atoms with Gasteiger partial charge in [0, 0.05) is 11.3 Å². The Kier molecular flexibility index (Phi) is 3.12. The van der Waals surface area contributed by atoms with Crippen molar-refractivity contribution in [2.45, 2.75) is 0 Å². The molecule has 1 amide bonds. The molecule has 0 aliphatic carbocycles. The largest absolute Gasteiger partial charge is 0.381 e. The molecule has 0 spiro atoms. The maximum atomic E-state index is 11.2. The molecule has 1 aromatic heterocycles. The molecular weight excluding hydrogens is 266 g/mol. The predicted octanol–water partition coefficient (Wildman–Crippen LogP) is 2.05. The lowest BCUT2D eigenvalue weighted by molar-refractivity contribution is 0.100. The van der Waals surface area contributed by atoms with Gasteiger partial charge in [0.25, 0.3) is 0 Å². The summed E-state index contributed by atoms with van der Waals surface area (Å²) in [6.07, 6.45) is 0. The zero-order valence-electron chi connectivity index (χ0n) is 11.1. The second-order valence-corrected chi connectivity index (χ2v) is 4.52. The number of nitrogens with two attached hydrogens (primary N) is 2. The number of carbonyl (C=O) groups is 1. The maximum Gasteiger partial charge on any atom is 0.248 e. The number of nitrogens with zero attached hydrogens (tertiary/aromatic N) is 2. The van der Waals surface area contributed by atoms with Crippen LogP contribution in [0.15, 0.2) is 48.5 Å². The monoisotopic (exact) mass is 279 g/mol. The second kappa shape index (κ2) is 5.09. The summed E-state index contributed by atoms with van der Waals surface area (Å²) in [6, 6.07) is 14.3. The van der Waals surface area contributed by atoms with Crippen molar-refractivity contribution < 1.29 is 4.79 Å². The summed E-state index contributed by atoms with van der Waals surface area (Å²) in [7, 11) is 0. The third-order valence-corrected chi connectivity index (χ3v) is 3.01. The summed E-state index contributed by atoms with van der Waals surface area (Å²) in [5, 5.41) is 3.05. The van der Waals surface area contributed by atoms with Gasteiger partial charge in [-0.05, 0) is 30.3 Å². The number of benzene rings is 2. The van der Waals surface area contributed by atoms with Gasteiger partial charge in [-0.1, -0.05) is 18.2 Å². The van der Waals surface area contributed by atoms with E-state index in [0.717, 1.165) is 11.0 Å². The molecular formula is C15H13N5O. The molecule has 104 valence electrons. The minimum absolute atomic E-state index is 0.290. The molecule has 2 aromatic carbocycles. The topological polar surface area (TPSA) is 107 Å². The number of carbonyl (C=O) groups excluding carboxylic acids is 1. The molecule has 0 aliphatic heterocycles. The fourth-order valence-corrected chi connectivity index (χ4v) is 1.99. The number of amides is 1. The van der Waals surface area contributed by atoms with Crippen molar-refractivity contribution in [3.63, 3.8) is 0 Å². The SMILES string of the molecule is NC(=O)c1cccc(Nc2nc3ccccc3nc2N)c1. The molecule has 21 heavy (non-hydrogen) atoms. The Bertz CT molecular complexity index is 831. The number of hydrogen-bond donors (Lipinski definition) is 3. The van der Waals surface area contributed by atoms with Gasteiger partial charge in [0.05, 0.1) is 11.0 Å². The Hall–Kier alpha value is -3.15. The number of rotatable bonds is 3.